The van der Waals surface area contributed by atoms with Crippen molar-refractivity contribution in [3.05, 3.63) is 64.4 Å². The Hall–Kier alpha value is -2.11. The second-order valence-corrected chi connectivity index (χ2v) is 7.17. The van der Waals surface area contributed by atoms with Gasteiger partial charge < -0.3 is 9.64 Å². The Morgan fingerprint density at radius 1 is 1.19 bits per heavy atom. The molecule has 2 aromatic carbocycles. The molecule has 0 aliphatic heterocycles. The van der Waals surface area contributed by atoms with Gasteiger partial charge in [-0.15, -0.1) is 0 Å². The zero-order valence-electron chi connectivity index (χ0n) is 16.2. The number of hydrogen-bond donors (Lipinski definition) is 0. The molecule has 6 heteroatoms. The summed E-state index contributed by atoms with van der Waals surface area (Å²) in [6, 6.07) is 12.6. The van der Waals surface area contributed by atoms with E-state index in [-0.39, 0.29) is 25.0 Å². The van der Waals surface area contributed by atoms with Gasteiger partial charge in [-0.25, -0.2) is 4.39 Å². The first kappa shape index (κ1) is 21.2. The van der Waals surface area contributed by atoms with Crippen LogP contribution in [-0.2, 0) is 17.8 Å². The van der Waals surface area contributed by atoms with Gasteiger partial charge >= 0.3 is 0 Å². The van der Waals surface area contributed by atoms with E-state index in [1.807, 2.05) is 36.2 Å². The van der Waals surface area contributed by atoms with E-state index in [2.05, 4.69) is 6.92 Å². The van der Waals surface area contributed by atoms with Crippen LogP contribution in [-0.4, -0.2) is 49.5 Å². The van der Waals surface area contributed by atoms with Gasteiger partial charge in [0.1, 0.15) is 11.6 Å². The molecule has 1 atom stereocenters. The molecule has 2 rings (SSSR count). The van der Waals surface area contributed by atoms with Crippen molar-refractivity contribution in [2.75, 3.05) is 27.7 Å². The number of benzene rings is 2. The molecule has 0 saturated carbocycles. The fraction of sp³-hybridized carbons (Fsp3) is 0.381. The Morgan fingerprint density at radius 3 is 2.44 bits per heavy atom. The lowest BCUT2D eigenvalue weighted by Gasteiger charge is -2.27. The molecular weight excluding hydrogens is 367 g/mol. The fourth-order valence-electron chi connectivity index (χ4n) is 2.76. The molecule has 0 aromatic heterocycles. The molecule has 1 unspecified atom stereocenters. The smallest absolute Gasteiger partial charge is 0.236 e. The molecular formula is C21H26ClFN2O2. The molecule has 0 heterocycles. The Morgan fingerprint density at radius 2 is 1.85 bits per heavy atom. The number of carbonyl (C=O) groups is 1. The van der Waals surface area contributed by atoms with Gasteiger partial charge in [-0.1, -0.05) is 29.8 Å². The first-order valence-electron chi connectivity index (χ1n) is 8.81. The van der Waals surface area contributed by atoms with Crippen molar-refractivity contribution in [1.29, 1.82) is 0 Å². The SMILES string of the molecule is COc1ccc(CC(C)N(C)CC(=O)N(C)Cc2c(F)cccc2Cl)cc1. The second-order valence-electron chi connectivity index (χ2n) is 6.77. The Labute approximate surface area is 165 Å². The fourth-order valence-corrected chi connectivity index (χ4v) is 2.98. The lowest BCUT2D eigenvalue weighted by molar-refractivity contribution is -0.131. The minimum atomic E-state index is -0.400. The molecule has 0 aliphatic carbocycles. The molecule has 0 aliphatic rings. The number of methoxy groups -OCH3 is 1. The molecule has 0 fully saturated rings. The molecule has 1 amide bonds. The van der Waals surface area contributed by atoms with Crippen molar-refractivity contribution < 1.29 is 13.9 Å². The summed E-state index contributed by atoms with van der Waals surface area (Å²) in [5.41, 5.74) is 1.51. The zero-order valence-corrected chi connectivity index (χ0v) is 17.0. The molecule has 0 spiro atoms. The molecule has 0 N–H and O–H groups in total. The number of carbonyl (C=O) groups excluding carboxylic acids is 1. The van der Waals surface area contributed by atoms with E-state index in [9.17, 15) is 9.18 Å². The van der Waals surface area contributed by atoms with Gasteiger partial charge in [0.05, 0.1) is 13.7 Å². The van der Waals surface area contributed by atoms with E-state index in [4.69, 9.17) is 16.3 Å². The number of rotatable bonds is 8. The highest BCUT2D eigenvalue weighted by Crippen LogP contribution is 2.20. The van der Waals surface area contributed by atoms with Crippen LogP contribution in [0.15, 0.2) is 42.5 Å². The molecule has 0 bridgehead atoms. The third-order valence-electron chi connectivity index (χ3n) is 4.71. The summed E-state index contributed by atoms with van der Waals surface area (Å²) in [6.45, 7) is 2.47. The van der Waals surface area contributed by atoms with Crippen LogP contribution in [0.1, 0.15) is 18.1 Å². The highest BCUT2D eigenvalue weighted by atomic mass is 35.5. The molecule has 0 saturated heterocycles. The minimum absolute atomic E-state index is 0.0848. The normalized spacial score (nSPS) is 12.1. The maximum Gasteiger partial charge on any atom is 0.236 e. The molecule has 4 nitrogen and oxygen atoms in total. The van der Waals surface area contributed by atoms with Gasteiger partial charge in [0.15, 0.2) is 0 Å². The van der Waals surface area contributed by atoms with Gasteiger partial charge in [0.2, 0.25) is 5.91 Å². The second kappa shape index (κ2) is 9.72. The Kier molecular flexibility index (Phi) is 7.63. The van der Waals surface area contributed by atoms with E-state index in [1.54, 1.807) is 26.3 Å². The van der Waals surface area contributed by atoms with Crippen molar-refractivity contribution >= 4 is 17.5 Å². The average Bonchev–Trinajstić information content (AvgIpc) is 2.65. The molecule has 0 radical (unpaired) electrons. The maximum absolute atomic E-state index is 13.9. The molecule has 146 valence electrons. The first-order chi connectivity index (χ1) is 12.8. The number of amides is 1. The van der Waals surface area contributed by atoms with Crippen LogP contribution in [0.25, 0.3) is 0 Å². The average molecular weight is 393 g/mol. The number of ether oxygens (including phenoxy) is 1. The van der Waals surface area contributed by atoms with Crippen molar-refractivity contribution in [3.8, 4) is 5.75 Å². The van der Waals surface area contributed by atoms with Gasteiger partial charge in [-0.05, 0) is 50.2 Å². The predicted octanol–water partition coefficient (Wildman–Crippen LogP) is 4.01. The topological polar surface area (TPSA) is 32.8 Å². The van der Waals surface area contributed by atoms with Crippen molar-refractivity contribution in [1.82, 2.24) is 9.80 Å². The Bertz CT molecular complexity index is 747. The van der Waals surface area contributed by atoms with Crippen LogP contribution < -0.4 is 4.74 Å². The third-order valence-corrected chi connectivity index (χ3v) is 5.06. The van der Waals surface area contributed by atoms with Crippen molar-refractivity contribution in [2.24, 2.45) is 0 Å². The maximum atomic E-state index is 13.9. The highest BCUT2D eigenvalue weighted by Gasteiger charge is 2.18. The Balaban J connectivity index is 1.91. The lowest BCUT2D eigenvalue weighted by atomic mass is 10.1. The summed E-state index contributed by atoms with van der Waals surface area (Å²) < 4.78 is 19.1. The first-order valence-corrected chi connectivity index (χ1v) is 9.19. The van der Waals surface area contributed by atoms with Gasteiger partial charge in [-0.2, -0.15) is 0 Å². The summed E-state index contributed by atoms with van der Waals surface area (Å²) >= 11 is 6.05. The quantitative estimate of drug-likeness (QED) is 0.680. The summed E-state index contributed by atoms with van der Waals surface area (Å²) in [5.74, 6) is 0.338. The molecule has 2 aromatic rings. The van der Waals surface area contributed by atoms with Crippen LogP contribution in [0.2, 0.25) is 5.02 Å². The van der Waals surface area contributed by atoms with E-state index in [0.717, 1.165) is 12.2 Å². The summed E-state index contributed by atoms with van der Waals surface area (Å²) in [4.78, 5) is 16.0. The van der Waals surface area contributed by atoms with E-state index < -0.39 is 5.82 Å². The van der Waals surface area contributed by atoms with Gasteiger partial charge in [0.25, 0.3) is 0 Å². The lowest BCUT2D eigenvalue weighted by Crippen LogP contribution is -2.41. The highest BCUT2D eigenvalue weighted by molar-refractivity contribution is 6.31. The predicted molar refractivity (Wildman–Crippen MR) is 107 cm³/mol. The molecule has 27 heavy (non-hydrogen) atoms. The van der Waals surface area contributed by atoms with E-state index in [0.29, 0.717) is 10.6 Å². The van der Waals surface area contributed by atoms with E-state index >= 15 is 0 Å². The summed E-state index contributed by atoms with van der Waals surface area (Å²) in [6.07, 6.45) is 0.816. The largest absolute Gasteiger partial charge is 0.497 e. The zero-order chi connectivity index (χ0) is 20.0. The van der Waals surface area contributed by atoms with Gasteiger partial charge in [0, 0.05) is 30.2 Å². The number of nitrogens with zero attached hydrogens (tertiary/aromatic N) is 2. The summed E-state index contributed by atoms with van der Waals surface area (Å²) in [5, 5.41) is 0.330. The number of halogens is 2. The number of hydrogen-bond acceptors (Lipinski definition) is 3. The van der Waals surface area contributed by atoms with Gasteiger partial charge in [-0.3, -0.25) is 9.69 Å². The van der Waals surface area contributed by atoms with Crippen molar-refractivity contribution in [3.63, 3.8) is 0 Å². The summed E-state index contributed by atoms with van der Waals surface area (Å²) in [7, 11) is 5.21. The van der Waals surface area contributed by atoms with Crippen LogP contribution >= 0.6 is 11.6 Å². The van der Waals surface area contributed by atoms with Crippen LogP contribution in [0.4, 0.5) is 4.39 Å². The van der Waals surface area contributed by atoms with Crippen LogP contribution in [0.3, 0.4) is 0 Å². The minimum Gasteiger partial charge on any atom is -0.497 e. The number of likely N-dealkylation sites (N-methyl/N-ethyl adjacent to an activating group) is 2. The van der Waals surface area contributed by atoms with E-state index in [1.165, 1.54) is 16.5 Å². The third kappa shape index (κ3) is 5.94. The monoisotopic (exact) mass is 392 g/mol. The van der Waals surface area contributed by atoms with Crippen molar-refractivity contribution in [2.45, 2.75) is 25.9 Å². The van der Waals surface area contributed by atoms with Crippen LogP contribution in [0.5, 0.6) is 5.75 Å². The van der Waals surface area contributed by atoms with Crippen LogP contribution in [0, 0.1) is 5.82 Å². The standard InChI is InChI=1S/C21H26ClFN2O2/c1-15(12-16-8-10-17(27-4)11-9-16)24(2)14-21(26)25(3)13-18-19(22)6-5-7-20(18)23/h5-11,15H,12-14H2,1-4H3.